The number of ether oxygens (including phenoxy) is 1. The standard InChI is InChI=1S/C21H27FN6O2/c1-14(2)27(3)20(29)16-10-15(22)4-5-17(16)30-19-18(24-13-25-26-19)28-11-21(12-28)6-8-23-9-7-21/h4-5,10,13-14,23H,6-9,11-12H2,1-3H3. The fraction of sp³-hybridized carbons (Fsp3) is 0.524. The van der Waals surface area contributed by atoms with Gasteiger partial charge in [0.2, 0.25) is 0 Å². The van der Waals surface area contributed by atoms with Crippen molar-refractivity contribution in [3.05, 3.63) is 35.9 Å². The third-order valence-electron chi connectivity index (χ3n) is 6.06. The summed E-state index contributed by atoms with van der Waals surface area (Å²) in [6, 6.07) is 3.86. The number of anilines is 1. The van der Waals surface area contributed by atoms with Crippen molar-refractivity contribution in [2.24, 2.45) is 5.41 Å². The lowest BCUT2D eigenvalue weighted by atomic mass is 9.72. The fourth-order valence-electron chi connectivity index (χ4n) is 4.02. The second-order valence-electron chi connectivity index (χ2n) is 8.45. The quantitative estimate of drug-likeness (QED) is 0.805. The van der Waals surface area contributed by atoms with Crippen LogP contribution in [0.3, 0.4) is 0 Å². The molecule has 2 fully saturated rings. The van der Waals surface area contributed by atoms with Crippen LogP contribution in [-0.2, 0) is 0 Å². The molecule has 0 saturated carbocycles. The lowest BCUT2D eigenvalue weighted by Crippen LogP contribution is -2.60. The molecule has 1 spiro atoms. The van der Waals surface area contributed by atoms with E-state index in [0.717, 1.165) is 39.0 Å². The highest BCUT2D eigenvalue weighted by Gasteiger charge is 2.45. The predicted octanol–water partition coefficient (Wildman–Crippen LogP) is 2.47. The number of hydrogen-bond acceptors (Lipinski definition) is 7. The maximum absolute atomic E-state index is 13.9. The van der Waals surface area contributed by atoms with Crippen molar-refractivity contribution >= 4 is 11.7 Å². The van der Waals surface area contributed by atoms with Gasteiger partial charge in [-0.2, -0.15) is 0 Å². The minimum Gasteiger partial charge on any atom is -0.434 e. The Morgan fingerprint density at radius 2 is 2.03 bits per heavy atom. The van der Waals surface area contributed by atoms with Crippen LogP contribution >= 0.6 is 0 Å². The highest BCUT2D eigenvalue weighted by Crippen LogP contribution is 2.43. The molecule has 2 saturated heterocycles. The van der Waals surface area contributed by atoms with Crippen LogP contribution in [0, 0.1) is 11.2 Å². The largest absolute Gasteiger partial charge is 0.434 e. The van der Waals surface area contributed by atoms with Gasteiger partial charge in [0.15, 0.2) is 5.82 Å². The Kier molecular flexibility index (Phi) is 5.55. The third kappa shape index (κ3) is 3.94. The zero-order valence-electron chi connectivity index (χ0n) is 17.6. The van der Waals surface area contributed by atoms with Gasteiger partial charge in [0, 0.05) is 31.6 Å². The van der Waals surface area contributed by atoms with E-state index in [1.54, 1.807) is 7.05 Å². The molecule has 9 heteroatoms. The molecule has 160 valence electrons. The summed E-state index contributed by atoms with van der Waals surface area (Å²) in [6.07, 6.45) is 3.66. The first kappa shape index (κ1) is 20.5. The van der Waals surface area contributed by atoms with Gasteiger partial charge in [-0.3, -0.25) is 4.79 Å². The summed E-state index contributed by atoms with van der Waals surface area (Å²) in [5.74, 6) is 0.212. The molecule has 1 N–H and O–H groups in total. The Morgan fingerprint density at radius 3 is 2.73 bits per heavy atom. The first-order chi connectivity index (χ1) is 14.4. The van der Waals surface area contributed by atoms with Crippen molar-refractivity contribution in [3.63, 3.8) is 0 Å². The summed E-state index contributed by atoms with van der Waals surface area (Å²) in [5, 5.41) is 11.4. The Labute approximate surface area is 175 Å². The van der Waals surface area contributed by atoms with Gasteiger partial charge in [0.1, 0.15) is 17.9 Å². The number of piperidine rings is 1. The number of nitrogens with zero attached hydrogens (tertiary/aromatic N) is 5. The molecule has 2 aliphatic heterocycles. The van der Waals surface area contributed by atoms with Crippen molar-refractivity contribution in [1.82, 2.24) is 25.4 Å². The second kappa shape index (κ2) is 8.14. The fourth-order valence-corrected chi connectivity index (χ4v) is 4.02. The SMILES string of the molecule is CC(C)N(C)C(=O)c1cc(F)ccc1Oc1nncnc1N1CC2(CCNCC2)C1. The molecule has 3 heterocycles. The Hall–Kier alpha value is -2.81. The smallest absolute Gasteiger partial charge is 0.282 e. The molecular weight excluding hydrogens is 387 g/mol. The van der Waals surface area contributed by atoms with Gasteiger partial charge in [-0.05, 0) is 58.0 Å². The van der Waals surface area contributed by atoms with E-state index >= 15 is 0 Å². The Balaban J connectivity index is 1.58. The maximum atomic E-state index is 13.9. The van der Waals surface area contributed by atoms with Crippen LogP contribution in [0.5, 0.6) is 11.6 Å². The van der Waals surface area contributed by atoms with Crippen molar-refractivity contribution in [2.75, 3.05) is 38.1 Å². The Bertz CT molecular complexity index is 923. The minimum atomic E-state index is -0.504. The number of nitrogens with one attached hydrogen (secondary N) is 1. The number of halogens is 1. The van der Waals surface area contributed by atoms with Crippen LogP contribution in [0.25, 0.3) is 0 Å². The number of carbonyl (C=O) groups is 1. The number of hydrogen-bond donors (Lipinski definition) is 1. The van der Waals surface area contributed by atoms with E-state index in [-0.39, 0.29) is 29.1 Å². The van der Waals surface area contributed by atoms with Gasteiger partial charge in [-0.15, -0.1) is 10.2 Å². The number of rotatable bonds is 5. The van der Waals surface area contributed by atoms with E-state index < -0.39 is 5.82 Å². The molecule has 0 radical (unpaired) electrons. The molecule has 0 bridgehead atoms. The number of benzene rings is 1. The van der Waals surface area contributed by atoms with Crippen LogP contribution in [0.2, 0.25) is 0 Å². The van der Waals surface area contributed by atoms with E-state index in [1.807, 2.05) is 13.8 Å². The zero-order chi connectivity index (χ0) is 21.3. The average molecular weight is 414 g/mol. The predicted molar refractivity (Wildman–Crippen MR) is 110 cm³/mol. The summed E-state index contributed by atoms with van der Waals surface area (Å²) < 4.78 is 19.9. The second-order valence-corrected chi connectivity index (χ2v) is 8.45. The van der Waals surface area contributed by atoms with Gasteiger partial charge >= 0.3 is 0 Å². The zero-order valence-corrected chi connectivity index (χ0v) is 17.6. The van der Waals surface area contributed by atoms with Crippen molar-refractivity contribution in [3.8, 4) is 11.6 Å². The first-order valence-electron chi connectivity index (χ1n) is 10.3. The van der Waals surface area contributed by atoms with Crippen LogP contribution in [-0.4, -0.2) is 65.3 Å². The van der Waals surface area contributed by atoms with Crippen molar-refractivity contribution < 1.29 is 13.9 Å². The van der Waals surface area contributed by atoms with E-state index in [4.69, 9.17) is 4.74 Å². The van der Waals surface area contributed by atoms with Crippen LogP contribution in [0.15, 0.2) is 24.5 Å². The highest BCUT2D eigenvalue weighted by atomic mass is 19.1. The first-order valence-corrected chi connectivity index (χ1v) is 10.3. The van der Waals surface area contributed by atoms with Crippen molar-refractivity contribution in [1.29, 1.82) is 0 Å². The molecule has 0 atom stereocenters. The summed E-state index contributed by atoms with van der Waals surface area (Å²) in [7, 11) is 1.68. The van der Waals surface area contributed by atoms with E-state index in [2.05, 4.69) is 25.4 Å². The number of carbonyl (C=O) groups excluding carboxylic acids is 1. The third-order valence-corrected chi connectivity index (χ3v) is 6.06. The van der Waals surface area contributed by atoms with Gasteiger partial charge in [0.25, 0.3) is 11.8 Å². The summed E-state index contributed by atoms with van der Waals surface area (Å²) in [5.41, 5.74) is 0.450. The molecule has 0 aliphatic carbocycles. The van der Waals surface area contributed by atoms with Gasteiger partial charge < -0.3 is 19.9 Å². The maximum Gasteiger partial charge on any atom is 0.282 e. The summed E-state index contributed by atoms with van der Waals surface area (Å²) >= 11 is 0. The number of amides is 1. The number of aromatic nitrogens is 3. The molecule has 4 rings (SSSR count). The van der Waals surface area contributed by atoms with Gasteiger partial charge in [-0.1, -0.05) is 0 Å². The van der Waals surface area contributed by atoms with Gasteiger partial charge in [0.05, 0.1) is 5.56 Å². The molecule has 1 aromatic carbocycles. The normalized spacial score (nSPS) is 17.7. The summed E-state index contributed by atoms with van der Waals surface area (Å²) in [6.45, 7) is 7.61. The molecule has 1 aromatic heterocycles. The molecule has 1 amide bonds. The van der Waals surface area contributed by atoms with Crippen LogP contribution < -0.4 is 15.0 Å². The minimum absolute atomic E-state index is 0.0374. The average Bonchev–Trinajstić information content (AvgIpc) is 2.73. The molecule has 2 aliphatic rings. The topological polar surface area (TPSA) is 83.5 Å². The van der Waals surface area contributed by atoms with Crippen molar-refractivity contribution in [2.45, 2.75) is 32.7 Å². The van der Waals surface area contributed by atoms with E-state index in [0.29, 0.717) is 11.2 Å². The van der Waals surface area contributed by atoms with Crippen LogP contribution in [0.4, 0.5) is 10.2 Å². The van der Waals surface area contributed by atoms with E-state index in [9.17, 15) is 9.18 Å². The lowest BCUT2D eigenvalue weighted by Gasteiger charge is -2.52. The monoisotopic (exact) mass is 414 g/mol. The molecular formula is C21H27FN6O2. The molecule has 30 heavy (non-hydrogen) atoms. The molecule has 8 nitrogen and oxygen atoms in total. The van der Waals surface area contributed by atoms with Gasteiger partial charge in [-0.25, -0.2) is 9.37 Å². The highest BCUT2D eigenvalue weighted by molar-refractivity contribution is 5.97. The van der Waals surface area contributed by atoms with E-state index in [1.165, 1.54) is 29.4 Å². The molecule has 2 aromatic rings. The van der Waals surface area contributed by atoms with Crippen LogP contribution in [0.1, 0.15) is 37.0 Å². The molecule has 0 unspecified atom stereocenters. The lowest BCUT2D eigenvalue weighted by molar-refractivity contribution is 0.0751. The summed E-state index contributed by atoms with van der Waals surface area (Å²) in [4.78, 5) is 20.9. The Morgan fingerprint density at radius 1 is 1.30 bits per heavy atom.